The lowest BCUT2D eigenvalue weighted by atomic mass is 9.85. The molecule has 0 amide bonds. The Labute approximate surface area is 108 Å². The van der Waals surface area contributed by atoms with Crippen molar-refractivity contribution in [2.45, 2.75) is 59.2 Å². The minimum atomic E-state index is -4.25. The average molecular weight is 269 g/mol. The summed E-state index contributed by atoms with van der Waals surface area (Å²) in [5.41, 5.74) is -0.299. The number of halogens is 3. The minimum absolute atomic E-state index is 0.0426. The molecule has 0 aliphatic carbocycles. The lowest BCUT2D eigenvalue weighted by Crippen LogP contribution is -2.45. The van der Waals surface area contributed by atoms with Crippen molar-refractivity contribution in [3.63, 3.8) is 0 Å². The number of hydrogen-bond donors (Lipinski definition) is 1. The highest BCUT2D eigenvalue weighted by atomic mass is 19.4. The van der Waals surface area contributed by atoms with Gasteiger partial charge >= 0.3 is 6.18 Å². The molecule has 2 nitrogen and oxygen atoms in total. The molecule has 0 rings (SSSR count). The van der Waals surface area contributed by atoms with Crippen molar-refractivity contribution >= 4 is 0 Å². The third kappa shape index (κ3) is 9.71. The van der Waals surface area contributed by atoms with Gasteiger partial charge < -0.3 is 10.1 Å². The average Bonchev–Trinajstić information content (AvgIpc) is 2.12. The Morgan fingerprint density at radius 1 is 1.00 bits per heavy atom. The molecule has 5 heteroatoms. The second-order valence-corrected chi connectivity index (χ2v) is 6.27. The standard InChI is InChI=1S/C13H26F3NO/c1-6-7-12(5,8-17-11(2,3)4)9-18-10-13(14,15)16/h17H,6-10H2,1-5H3. The monoisotopic (exact) mass is 269 g/mol. The molecule has 0 saturated carbocycles. The van der Waals surface area contributed by atoms with E-state index in [2.05, 4.69) is 5.32 Å². The number of nitrogens with one attached hydrogen (secondary N) is 1. The van der Waals surface area contributed by atoms with Crippen molar-refractivity contribution in [3.8, 4) is 0 Å². The van der Waals surface area contributed by atoms with Gasteiger partial charge in [-0.2, -0.15) is 13.2 Å². The normalized spacial score (nSPS) is 16.7. The van der Waals surface area contributed by atoms with Gasteiger partial charge in [0, 0.05) is 17.5 Å². The van der Waals surface area contributed by atoms with Gasteiger partial charge in [0.1, 0.15) is 6.61 Å². The Morgan fingerprint density at radius 2 is 1.56 bits per heavy atom. The predicted octanol–water partition coefficient (Wildman–Crippen LogP) is 3.76. The molecule has 1 unspecified atom stereocenters. The molecule has 0 aliphatic rings. The molecule has 18 heavy (non-hydrogen) atoms. The van der Waals surface area contributed by atoms with Crippen LogP contribution in [0.15, 0.2) is 0 Å². The van der Waals surface area contributed by atoms with E-state index in [4.69, 9.17) is 4.74 Å². The number of hydrogen-bond acceptors (Lipinski definition) is 2. The van der Waals surface area contributed by atoms with Crippen molar-refractivity contribution in [2.24, 2.45) is 5.41 Å². The quantitative estimate of drug-likeness (QED) is 0.760. The van der Waals surface area contributed by atoms with Gasteiger partial charge in [0.15, 0.2) is 0 Å². The first-order valence-corrected chi connectivity index (χ1v) is 6.37. The fraction of sp³-hybridized carbons (Fsp3) is 1.00. The summed E-state index contributed by atoms with van der Waals surface area (Å²) in [5, 5.41) is 3.33. The Morgan fingerprint density at radius 3 is 1.94 bits per heavy atom. The highest BCUT2D eigenvalue weighted by Gasteiger charge is 2.31. The molecule has 0 spiro atoms. The van der Waals surface area contributed by atoms with Crippen molar-refractivity contribution in [3.05, 3.63) is 0 Å². The van der Waals surface area contributed by atoms with Crippen LogP contribution < -0.4 is 5.32 Å². The zero-order valence-electron chi connectivity index (χ0n) is 12.1. The van der Waals surface area contributed by atoms with Crippen molar-refractivity contribution in [2.75, 3.05) is 19.8 Å². The van der Waals surface area contributed by atoms with E-state index in [9.17, 15) is 13.2 Å². The fourth-order valence-corrected chi connectivity index (χ4v) is 1.71. The van der Waals surface area contributed by atoms with Gasteiger partial charge in [-0.1, -0.05) is 20.3 Å². The van der Waals surface area contributed by atoms with Crippen molar-refractivity contribution in [1.29, 1.82) is 0 Å². The molecule has 1 N–H and O–H groups in total. The summed E-state index contributed by atoms with van der Waals surface area (Å²) < 4.78 is 41.0. The molecular formula is C13H26F3NO. The van der Waals surface area contributed by atoms with Crippen molar-refractivity contribution in [1.82, 2.24) is 5.32 Å². The lowest BCUT2D eigenvalue weighted by molar-refractivity contribution is -0.180. The van der Waals surface area contributed by atoms with Crippen LogP contribution in [0.3, 0.4) is 0 Å². The van der Waals surface area contributed by atoms with Gasteiger partial charge in [0.2, 0.25) is 0 Å². The van der Waals surface area contributed by atoms with Gasteiger partial charge in [0.05, 0.1) is 6.61 Å². The maximum Gasteiger partial charge on any atom is 0.411 e. The molecule has 0 bridgehead atoms. The maximum absolute atomic E-state index is 12.1. The zero-order chi connectivity index (χ0) is 14.4. The highest BCUT2D eigenvalue weighted by molar-refractivity contribution is 4.81. The van der Waals surface area contributed by atoms with Crippen LogP contribution in [0.5, 0.6) is 0 Å². The molecule has 110 valence electrons. The van der Waals surface area contributed by atoms with Gasteiger partial charge in [-0.25, -0.2) is 0 Å². The topological polar surface area (TPSA) is 21.3 Å². The predicted molar refractivity (Wildman–Crippen MR) is 67.6 cm³/mol. The van der Waals surface area contributed by atoms with E-state index in [0.29, 0.717) is 6.54 Å². The SMILES string of the molecule is CCCC(C)(CNC(C)(C)C)COCC(F)(F)F. The van der Waals surface area contributed by atoms with Crippen LogP contribution in [0.2, 0.25) is 0 Å². The second kappa shape index (κ2) is 6.75. The summed E-state index contributed by atoms with van der Waals surface area (Å²) in [7, 11) is 0. The van der Waals surface area contributed by atoms with E-state index < -0.39 is 12.8 Å². The first kappa shape index (κ1) is 17.7. The smallest absolute Gasteiger partial charge is 0.371 e. The third-order valence-corrected chi connectivity index (χ3v) is 2.62. The molecule has 0 radical (unpaired) electrons. The maximum atomic E-state index is 12.1. The zero-order valence-corrected chi connectivity index (χ0v) is 12.1. The molecule has 0 aromatic rings. The van der Waals surface area contributed by atoms with Crippen LogP contribution in [0.4, 0.5) is 13.2 Å². The van der Waals surface area contributed by atoms with Crippen LogP contribution in [0.25, 0.3) is 0 Å². The summed E-state index contributed by atoms with van der Waals surface area (Å²) in [6, 6.07) is 0. The fourth-order valence-electron chi connectivity index (χ4n) is 1.71. The van der Waals surface area contributed by atoms with Gasteiger partial charge in [0.25, 0.3) is 0 Å². The number of rotatable bonds is 7. The Kier molecular flexibility index (Phi) is 6.65. The van der Waals surface area contributed by atoms with Gasteiger partial charge in [-0.3, -0.25) is 0 Å². The van der Waals surface area contributed by atoms with E-state index in [-0.39, 0.29) is 17.6 Å². The molecule has 0 saturated heterocycles. The van der Waals surface area contributed by atoms with Gasteiger partial charge in [-0.05, 0) is 27.2 Å². The van der Waals surface area contributed by atoms with Gasteiger partial charge in [-0.15, -0.1) is 0 Å². The van der Waals surface area contributed by atoms with Crippen LogP contribution in [-0.2, 0) is 4.74 Å². The third-order valence-electron chi connectivity index (χ3n) is 2.62. The van der Waals surface area contributed by atoms with E-state index in [1.54, 1.807) is 0 Å². The first-order valence-electron chi connectivity index (χ1n) is 6.37. The summed E-state index contributed by atoms with van der Waals surface area (Å²) in [6.07, 6.45) is -2.48. The highest BCUT2D eigenvalue weighted by Crippen LogP contribution is 2.25. The summed E-state index contributed by atoms with van der Waals surface area (Å²) in [4.78, 5) is 0. The summed E-state index contributed by atoms with van der Waals surface area (Å²) in [6.45, 7) is 9.72. The van der Waals surface area contributed by atoms with E-state index >= 15 is 0 Å². The molecule has 0 aromatic carbocycles. The molecule has 0 aliphatic heterocycles. The Balaban J connectivity index is 4.25. The van der Waals surface area contributed by atoms with Crippen LogP contribution in [-0.4, -0.2) is 31.5 Å². The Bertz CT molecular complexity index is 235. The lowest BCUT2D eigenvalue weighted by Gasteiger charge is -2.33. The van der Waals surface area contributed by atoms with E-state index in [1.165, 1.54) is 0 Å². The van der Waals surface area contributed by atoms with E-state index in [0.717, 1.165) is 12.8 Å². The van der Waals surface area contributed by atoms with E-state index in [1.807, 2.05) is 34.6 Å². The Hall–Kier alpha value is -0.290. The summed E-state index contributed by atoms with van der Waals surface area (Å²) in [5.74, 6) is 0. The minimum Gasteiger partial charge on any atom is -0.371 e. The second-order valence-electron chi connectivity index (χ2n) is 6.27. The number of ether oxygens (including phenoxy) is 1. The molecule has 1 atom stereocenters. The summed E-state index contributed by atoms with van der Waals surface area (Å²) >= 11 is 0. The van der Waals surface area contributed by atoms with Crippen molar-refractivity contribution < 1.29 is 17.9 Å². The van der Waals surface area contributed by atoms with Crippen LogP contribution >= 0.6 is 0 Å². The molecule has 0 fully saturated rings. The molecular weight excluding hydrogens is 243 g/mol. The van der Waals surface area contributed by atoms with Crippen LogP contribution in [0, 0.1) is 5.41 Å². The molecule has 0 aromatic heterocycles. The first-order chi connectivity index (χ1) is 7.97. The van der Waals surface area contributed by atoms with Crippen LogP contribution in [0.1, 0.15) is 47.5 Å². The molecule has 0 heterocycles. The largest absolute Gasteiger partial charge is 0.411 e. The number of alkyl halides is 3.